The van der Waals surface area contributed by atoms with E-state index in [0.717, 1.165) is 24.6 Å². The summed E-state index contributed by atoms with van der Waals surface area (Å²) in [5, 5.41) is 6.46. The molecule has 1 aromatic rings. The Balaban J connectivity index is 0.00000441. The van der Waals surface area contributed by atoms with Crippen molar-refractivity contribution in [3.8, 4) is 0 Å². The summed E-state index contributed by atoms with van der Waals surface area (Å²) in [6.45, 7) is 8.43. The van der Waals surface area contributed by atoms with E-state index in [1.54, 1.807) is 19.2 Å². The van der Waals surface area contributed by atoms with Crippen LogP contribution in [0.2, 0.25) is 0 Å². The molecule has 0 saturated carbocycles. The number of nitrogens with one attached hydrogen (secondary N) is 2. The summed E-state index contributed by atoms with van der Waals surface area (Å²) in [4.78, 5) is 4.51. The van der Waals surface area contributed by atoms with Crippen LogP contribution in [0.15, 0.2) is 29.3 Å². The van der Waals surface area contributed by atoms with E-state index in [9.17, 15) is 4.39 Å². The fourth-order valence-electron chi connectivity index (χ4n) is 1.82. The van der Waals surface area contributed by atoms with Crippen LogP contribution in [0.25, 0.3) is 0 Å². The molecule has 0 heterocycles. The lowest BCUT2D eigenvalue weighted by Crippen LogP contribution is -2.40. The topological polar surface area (TPSA) is 45.7 Å². The van der Waals surface area contributed by atoms with Crippen molar-refractivity contribution in [3.63, 3.8) is 0 Å². The Morgan fingerprint density at radius 2 is 1.86 bits per heavy atom. The number of ether oxygens (including phenoxy) is 1. The zero-order valence-corrected chi connectivity index (χ0v) is 16.1. The van der Waals surface area contributed by atoms with E-state index in [2.05, 4.69) is 29.5 Å². The lowest BCUT2D eigenvalue weighted by atomic mass is 10.1. The van der Waals surface area contributed by atoms with Crippen LogP contribution >= 0.6 is 24.0 Å². The third-order valence-electron chi connectivity index (χ3n) is 2.94. The van der Waals surface area contributed by atoms with Gasteiger partial charge < -0.3 is 15.4 Å². The number of benzene rings is 1. The van der Waals surface area contributed by atoms with Gasteiger partial charge in [-0.3, -0.25) is 4.99 Å². The van der Waals surface area contributed by atoms with E-state index < -0.39 is 0 Å². The lowest BCUT2D eigenvalue weighted by molar-refractivity contribution is 0.106. The molecule has 6 heteroatoms. The second kappa shape index (κ2) is 11.6. The van der Waals surface area contributed by atoms with Crippen molar-refractivity contribution in [3.05, 3.63) is 35.6 Å². The molecule has 0 aliphatic carbocycles. The summed E-state index contributed by atoms with van der Waals surface area (Å²) in [6.07, 6.45) is -0.145. The van der Waals surface area contributed by atoms with E-state index in [4.69, 9.17) is 4.74 Å². The molecular weight excluding hydrogens is 396 g/mol. The number of guanidine groups is 1. The van der Waals surface area contributed by atoms with Gasteiger partial charge in [0.15, 0.2) is 5.96 Å². The molecule has 126 valence electrons. The number of aliphatic imine (C=N–C) groups is 1. The van der Waals surface area contributed by atoms with E-state index >= 15 is 0 Å². The zero-order valence-electron chi connectivity index (χ0n) is 13.7. The molecule has 0 aromatic heterocycles. The number of hydrogen-bond acceptors (Lipinski definition) is 2. The van der Waals surface area contributed by atoms with Gasteiger partial charge in [0.25, 0.3) is 0 Å². The van der Waals surface area contributed by atoms with Crippen molar-refractivity contribution in [2.75, 3.05) is 26.7 Å². The Labute approximate surface area is 149 Å². The normalized spacial score (nSPS) is 12.7. The highest BCUT2D eigenvalue weighted by Crippen LogP contribution is 2.16. The monoisotopic (exact) mass is 423 g/mol. The SMILES string of the molecule is CCNC(=NCC(C)C)NCC(OC)c1ccc(F)cc1.I. The maximum atomic E-state index is 13.0. The van der Waals surface area contributed by atoms with Crippen molar-refractivity contribution in [1.82, 2.24) is 10.6 Å². The number of halogens is 2. The molecule has 0 amide bonds. The molecule has 0 spiro atoms. The second-order valence-corrected chi connectivity index (χ2v) is 5.27. The summed E-state index contributed by atoms with van der Waals surface area (Å²) >= 11 is 0. The molecule has 0 aliphatic heterocycles. The molecule has 4 nitrogen and oxygen atoms in total. The van der Waals surface area contributed by atoms with Crippen molar-refractivity contribution < 1.29 is 9.13 Å². The van der Waals surface area contributed by atoms with Crippen LogP contribution in [0.5, 0.6) is 0 Å². The van der Waals surface area contributed by atoms with Gasteiger partial charge >= 0.3 is 0 Å². The Hall–Kier alpha value is -0.890. The number of methoxy groups -OCH3 is 1. The minimum Gasteiger partial charge on any atom is -0.375 e. The third-order valence-corrected chi connectivity index (χ3v) is 2.94. The van der Waals surface area contributed by atoms with Gasteiger partial charge in [-0.25, -0.2) is 4.39 Å². The average Bonchev–Trinajstić information content (AvgIpc) is 2.46. The van der Waals surface area contributed by atoms with Gasteiger partial charge in [0.1, 0.15) is 5.82 Å². The van der Waals surface area contributed by atoms with E-state index in [-0.39, 0.29) is 35.9 Å². The number of rotatable bonds is 7. The first-order valence-corrected chi connectivity index (χ1v) is 7.37. The highest BCUT2D eigenvalue weighted by molar-refractivity contribution is 14.0. The highest BCUT2D eigenvalue weighted by Gasteiger charge is 2.11. The van der Waals surface area contributed by atoms with Gasteiger partial charge in [-0.2, -0.15) is 0 Å². The summed E-state index contributed by atoms with van der Waals surface area (Å²) in [7, 11) is 1.65. The van der Waals surface area contributed by atoms with Crippen LogP contribution in [0.4, 0.5) is 4.39 Å². The van der Waals surface area contributed by atoms with Crippen LogP contribution in [0.3, 0.4) is 0 Å². The Bertz CT molecular complexity index is 438. The van der Waals surface area contributed by atoms with Crippen LogP contribution in [0.1, 0.15) is 32.4 Å². The van der Waals surface area contributed by atoms with E-state index in [1.807, 2.05) is 6.92 Å². The van der Waals surface area contributed by atoms with Crippen molar-refractivity contribution >= 4 is 29.9 Å². The van der Waals surface area contributed by atoms with Gasteiger partial charge in [-0.15, -0.1) is 24.0 Å². The van der Waals surface area contributed by atoms with Crippen LogP contribution < -0.4 is 10.6 Å². The number of hydrogen-bond donors (Lipinski definition) is 2. The van der Waals surface area contributed by atoms with E-state index in [0.29, 0.717) is 12.5 Å². The van der Waals surface area contributed by atoms with Crippen LogP contribution in [-0.4, -0.2) is 32.7 Å². The third kappa shape index (κ3) is 7.93. The van der Waals surface area contributed by atoms with Crippen molar-refractivity contribution in [2.45, 2.75) is 26.9 Å². The van der Waals surface area contributed by atoms with Crippen LogP contribution in [0, 0.1) is 11.7 Å². The Kier molecular flexibility index (Phi) is 11.2. The Morgan fingerprint density at radius 3 is 2.36 bits per heavy atom. The molecule has 0 radical (unpaired) electrons. The average molecular weight is 423 g/mol. The largest absolute Gasteiger partial charge is 0.375 e. The smallest absolute Gasteiger partial charge is 0.191 e. The van der Waals surface area contributed by atoms with E-state index in [1.165, 1.54) is 12.1 Å². The fraction of sp³-hybridized carbons (Fsp3) is 0.562. The molecule has 1 aromatic carbocycles. The molecule has 2 N–H and O–H groups in total. The van der Waals surface area contributed by atoms with Crippen molar-refractivity contribution in [2.24, 2.45) is 10.9 Å². The Morgan fingerprint density at radius 1 is 1.23 bits per heavy atom. The maximum Gasteiger partial charge on any atom is 0.191 e. The summed E-state index contributed by atoms with van der Waals surface area (Å²) < 4.78 is 18.4. The standard InChI is InChI=1S/C16H26FN3O.HI/c1-5-18-16(19-10-12(2)3)20-11-15(21-4)13-6-8-14(17)9-7-13;/h6-9,12,15H,5,10-11H2,1-4H3,(H2,18,19,20);1H. The first kappa shape index (κ1) is 21.1. The minimum atomic E-state index is -0.242. The van der Waals surface area contributed by atoms with Crippen LogP contribution in [-0.2, 0) is 4.74 Å². The molecule has 0 bridgehead atoms. The molecule has 22 heavy (non-hydrogen) atoms. The lowest BCUT2D eigenvalue weighted by Gasteiger charge is -2.19. The van der Waals surface area contributed by atoms with Gasteiger partial charge in [0, 0.05) is 26.7 Å². The molecule has 1 atom stereocenters. The molecule has 1 unspecified atom stereocenters. The van der Waals surface area contributed by atoms with Gasteiger partial charge in [-0.1, -0.05) is 26.0 Å². The summed E-state index contributed by atoms with van der Waals surface area (Å²) in [6, 6.07) is 6.37. The summed E-state index contributed by atoms with van der Waals surface area (Å²) in [5.74, 6) is 1.04. The second-order valence-electron chi connectivity index (χ2n) is 5.27. The van der Waals surface area contributed by atoms with Gasteiger partial charge in [0.05, 0.1) is 6.10 Å². The maximum absolute atomic E-state index is 13.0. The minimum absolute atomic E-state index is 0. The summed E-state index contributed by atoms with van der Waals surface area (Å²) in [5.41, 5.74) is 0.936. The van der Waals surface area contributed by atoms with Crippen molar-refractivity contribution in [1.29, 1.82) is 0 Å². The number of nitrogens with zero attached hydrogens (tertiary/aromatic N) is 1. The predicted octanol–water partition coefficient (Wildman–Crippen LogP) is 3.34. The molecule has 0 aliphatic rings. The molecule has 1 rings (SSSR count). The first-order chi connectivity index (χ1) is 10.1. The quantitative estimate of drug-likeness (QED) is 0.402. The highest BCUT2D eigenvalue weighted by atomic mass is 127. The molecule has 0 saturated heterocycles. The first-order valence-electron chi connectivity index (χ1n) is 7.37. The predicted molar refractivity (Wildman–Crippen MR) is 100 cm³/mol. The van der Waals surface area contributed by atoms with Gasteiger partial charge in [-0.05, 0) is 30.5 Å². The molecule has 0 fully saturated rings. The fourth-order valence-corrected chi connectivity index (χ4v) is 1.82. The van der Waals surface area contributed by atoms with Gasteiger partial charge in [0.2, 0.25) is 0 Å². The zero-order chi connectivity index (χ0) is 15.7. The molecular formula is C16H27FIN3O.